The molecule has 2 fully saturated rings. The zero-order valence-electron chi connectivity index (χ0n) is 14.0. The highest BCUT2D eigenvalue weighted by molar-refractivity contribution is 5.81. The molecular formula is C15H20F3N5O3. The van der Waals surface area contributed by atoms with E-state index in [2.05, 4.69) is 5.10 Å². The highest BCUT2D eigenvalue weighted by Crippen LogP contribution is 2.35. The Labute approximate surface area is 147 Å². The Morgan fingerprint density at radius 2 is 2.04 bits per heavy atom. The van der Waals surface area contributed by atoms with Gasteiger partial charge in [-0.2, -0.15) is 18.3 Å². The summed E-state index contributed by atoms with van der Waals surface area (Å²) >= 11 is 0. The molecule has 0 bridgehead atoms. The van der Waals surface area contributed by atoms with Crippen LogP contribution in [0, 0.1) is 16.0 Å². The topological polar surface area (TPSA) is 93.3 Å². The summed E-state index contributed by atoms with van der Waals surface area (Å²) in [6.45, 7) is 1.39. The van der Waals surface area contributed by atoms with Gasteiger partial charge in [0.15, 0.2) is 0 Å². The van der Waals surface area contributed by atoms with Gasteiger partial charge in [0.25, 0.3) is 0 Å². The van der Waals surface area contributed by atoms with Crippen molar-refractivity contribution in [2.75, 3.05) is 18.0 Å². The molecule has 2 aliphatic rings. The molecule has 1 N–H and O–H groups in total. The van der Waals surface area contributed by atoms with Crippen LogP contribution >= 0.6 is 0 Å². The normalized spacial score (nSPS) is 21.3. The Balaban J connectivity index is 1.71. The lowest BCUT2D eigenvalue weighted by Gasteiger charge is -2.23. The SMILES string of the molecule is O=C(NC1CCCN(c2c([N+](=O)[O-])cnn2CC2CC2)CC1)C(F)(F)F. The summed E-state index contributed by atoms with van der Waals surface area (Å²) < 4.78 is 38.9. The van der Waals surface area contributed by atoms with Gasteiger partial charge in [0.1, 0.15) is 6.20 Å². The predicted molar refractivity (Wildman–Crippen MR) is 85.7 cm³/mol. The van der Waals surface area contributed by atoms with Crippen LogP contribution in [0.1, 0.15) is 32.1 Å². The Bertz CT molecular complexity index is 687. The number of amides is 1. The smallest absolute Gasteiger partial charge is 0.351 e. The maximum absolute atomic E-state index is 12.4. The van der Waals surface area contributed by atoms with Gasteiger partial charge in [-0.25, -0.2) is 4.68 Å². The molecule has 144 valence electrons. The quantitative estimate of drug-likeness (QED) is 0.629. The molecule has 1 saturated carbocycles. The summed E-state index contributed by atoms with van der Waals surface area (Å²) in [5.41, 5.74) is -0.0940. The summed E-state index contributed by atoms with van der Waals surface area (Å²) in [6.07, 6.45) is -0.346. The van der Waals surface area contributed by atoms with Gasteiger partial charge in [-0.15, -0.1) is 0 Å². The van der Waals surface area contributed by atoms with Crippen LogP contribution in [0.25, 0.3) is 0 Å². The highest BCUT2D eigenvalue weighted by Gasteiger charge is 2.40. The minimum Gasteiger partial charge on any atom is -0.351 e. The molecule has 0 aromatic carbocycles. The van der Waals surface area contributed by atoms with E-state index >= 15 is 0 Å². The van der Waals surface area contributed by atoms with Crippen LogP contribution in [0.15, 0.2) is 6.20 Å². The van der Waals surface area contributed by atoms with Crippen LogP contribution in [-0.2, 0) is 11.3 Å². The van der Waals surface area contributed by atoms with E-state index in [0.29, 0.717) is 44.2 Å². The molecule has 26 heavy (non-hydrogen) atoms. The number of carbonyl (C=O) groups excluding carboxylic acids is 1. The number of anilines is 1. The van der Waals surface area contributed by atoms with Crippen molar-refractivity contribution in [3.05, 3.63) is 16.3 Å². The predicted octanol–water partition coefficient (Wildman–Crippen LogP) is 2.24. The monoisotopic (exact) mass is 375 g/mol. The third-order valence-electron chi connectivity index (χ3n) is 4.74. The first-order valence-electron chi connectivity index (χ1n) is 8.58. The lowest BCUT2D eigenvalue weighted by Crippen LogP contribution is -2.43. The third-order valence-corrected chi connectivity index (χ3v) is 4.74. The van der Waals surface area contributed by atoms with E-state index < -0.39 is 23.0 Å². The largest absolute Gasteiger partial charge is 0.471 e. The summed E-state index contributed by atoms with van der Waals surface area (Å²) in [5, 5.41) is 17.5. The second-order valence-corrected chi connectivity index (χ2v) is 6.82. The Hall–Kier alpha value is -2.33. The van der Waals surface area contributed by atoms with Gasteiger partial charge in [0.2, 0.25) is 5.82 Å². The van der Waals surface area contributed by atoms with Crippen molar-refractivity contribution in [1.82, 2.24) is 15.1 Å². The van der Waals surface area contributed by atoms with Crippen LogP contribution in [0.3, 0.4) is 0 Å². The molecule has 1 aromatic heterocycles. The van der Waals surface area contributed by atoms with Crippen LogP contribution in [0.2, 0.25) is 0 Å². The van der Waals surface area contributed by atoms with Gasteiger partial charge in [0, 0.05) is 25.7 Å². The van der Waals surface area contributed by atoms with Crippen molar-refractivity contribution in [1.29, 1.82) is 0 Å². The minimum atomic E-state index is -4.91. The summed E-state index contributed by atoms with van der Waals surface area (Å²) in [7, 11) is 0. The van der Waals surface area contributed by atoms with E-state index in [0.717, 1.165) is 12.8 Å². The van der Waals surface area contributed by atoms with E-state index in [9.17, 15) is 28.1 Å². The fraction of sp³-hybridized carbons (Fsp3) is 0.733. The summed E-state index contributed by atoms with van der Waals surface area (Å²) in [4.78, 5) is 23.8. The number of carbonyl (C=O) groups is 1. The number of aromatic nitrogens is 2. The summed E-state index contributed by atoms with van der Waals surface area (Å²) in [5.74, 6) is -1.07. The van der Waals surface area contributed by atoms with Gasteiger partial charge >= 0.3 is 17.8 Å². The second-order valence-electron chi connectivity index (χ2n) is 6.82. The molecule has 1 aliphatic heterocycles. The van der Waals surface area contributed by atoms with Gasteiger partial charge in [-0.1, -0.05) is 0 Å². The fourth-order valence-electron chi connectivity index (χ4n) is 3.22. The first-order valence-corrected chi connectivity index (χ1v) is 8.58. The third kappa shape index (κ3) is 4.25. The van der Waals surface area contributed by atoms with E-state index in [1.807, 2.05) is 5.32 Å². The molecule has 1 unspecified atom stereocenters. The lowest BCUT2D eigenvalue weighted by molar-refractivity contribution is -0.384. The van der Waals surface area contributed by atoms with Gasteiger partial charge in [-0.3, -0.25) is 14.9 Å². The van der Waals surface area contributed by atoms with Crippen molar-refractivity contribution in [3.63, 3.8) is 0 Å². The van der Waals surface area contributed by atoms with Crippen LogP contribution in [-0.4, -0.2) is 45.9 Å². The second kappa shape index (κ2) is 7.12. The van der Waals surface area contributed by atoms with Crippen molar-refractivity contribution < 1.29 is 22.9 Å². The van der Waals surface area contributed by atoms with Crippen molar-refractivity contribution in [2.45, 2.75) is 50.9 Å². The number of nitrogens with one attached hydrogen (secondary N) is 1. The molecule has 2 heterocycles. The van der Waals surface area contributed by atoms with Crippen molar-refractivity contribution in [3.8, 4) is 0 Å². The highest BCUT2D eigenvalue weighted by atomic mass is 19.4. The fourth-order valence-corrected chi connectivity index (χ4v) is 3.22. The van der Waals surface area contributed by atoms with E-state index in [1.165, 1.54) is 6.20 Å². The molecule has 0 spiro atoms. The summed E-state index contributed by atoms with van der Waals surface area (Å²) in [6, 6.07) is -0.604. The Kier molecular flexibility index (Phi) is 5.05. The van der Waals surface area contributed by atoms with Crippen molar-refractivity contribution >= 4 is 17.4 Å². The molecule has 3 rings (SSSR count). The van der Waals surface area contributed by atoms with Gasteiger partial charge in [0.05, 0.1) is 4.92 Å². The van der Waals surface area contributed by atoms with E-state index in [-0.39, 0.29) is 12.1 Å². The zero-order valence-corrected chi connectivity index (χ0v) is 14.0. The van der Waals surface area contributed by atoms with Gasteiger partial charge in [-0.05, 0) is 38.0 Å². The molecule has 1 amide bonds. The van der Waals surface area contributed by atoms with E-state index in [1.54, 1.807) is 9.58 Å². The number of alkyl halides is 3. The first-order chi connectivity index (χ1) is 12.3. The van der Waals surface area contributed by atoms with Crippen LogP contribution in [0.4, 0.5) is 24.7 Å². The maximum atomic E-state index is 12.4. The number of rotatable bonds is 5. The number of hydrogen-bond donors (Lipinski definition) is 1. The molecule has 0 radical (unpaired) electrons. The lowest BCUT2D eigenvalue weighted by atomic mass is 10.1. The molecule has 1 atom stereocenters. The number of halogens is 3. The average Bonchev–Trinajstić information content (AvgIpc) is 3.30. The van der Waals surface area contributed by atoms with Crippen molar-refractivity contribution in [2.24, 2.45) is 5.92 Å². The molecule has 1 aliphatic carbocycles. The maximum Gasteiger partial charge on any atom is 0.471 e. The Morgan fingerprint density at radius 1 is 1.31 bits per heavy atom. The average molecular weight is 375 g/mol. The zero-order chi connectivity index (χ0) is 18.9. The van der Waals surface area contributed by atoms with Gasteiger partial charge < -0.3 is 10.2 Å². The van der Waals surface area contributed by atoms with Crippen LogP contribution < -0.4 is 10.2 Å². The Morgan fingerprint density at radius 3 is 2.65 bits per heavy atom. The minimum absolute atomic E-state index is 0.0940. The molecule has 1 saturated heterocycles. The van der Waals surface area contributed by atoms with Crippen LogP contribution in [0.5, 0.6) is 0 Å². The molecular weight excluding hydrogens is 355 g/mol. The molecule has 8 nitrogen and oxygen atoms in total. The number of hydrogen-bond acceptors (Lipinski definition) is 5. The number of nitro groups is 1. The number of nitrogens with zero attached hydrogens (tertiary/aromatic N) is 4. The molecule has 11 heteroatoms. The standard InChI is InChI=1S/C15H20F3N5O3/c16-15(17,18)14(24)20-11-2-1-6-21(7-5-11)13-12(23(25)26)8-19-22(13)9-10-3-4-10/h8,10-11H,1-7,9H2,(H,20,24). The molecule has 1 aromatic rings. The first kappa shape index (κ1) is 18.5. The van der Waals surface area contributed by atoms with E-state index in [4.69, 9.17) is 0 Å².